The Morgan fingerprint density at radius 2 is 2.13 bits per heavy atom. The molecule has 2 atom stereocenters. The lowest BCUT2D eigenvalue weighted by Gasteiger charge is -2.19. The van der Waals surface area contributed by atoms with Gasteiger partial charge in [0.1, 0.15) is 0 Å². The van der Waals surface area contributed by atoms with E-state index in [2.05, 4.69) is 22.9 Å². The SMILES string of the molecule is CCCCCC(CBr)C1CCS(=O)(=O)C1. The number of halogens is 1. The van der Waals surface area contributed by atoms with Gasteiger partial charge in [0.15, 0.2) is 9.84 Å². The zero-order valence-corrected chi connectivity index (χ0v) is 11.8. The molecule has 0 aromatic heterocycles. The molecule has 1 heterocycles. The summed E-state index contributed by atoms with van der Waals surface area (Å²) >= 11 is 3.52. The fourth-order valence-electron chi connectivity index (χ4n) is 2.29. The van der Waals surface area contributed by atoms with Crippen molar-refractivity contribution >= 4 is 25.8 Å². The van der Waals surface area contributed by atoms with Crippen LogP contribution in [0.4, 0.5) is 0 Å². The van der Waals surface area contributed by atoms with Crippen LogP contribution < -0.4 is 0 Å². The van der Waals surface area contributed by atoms with E-state index in [0.717, 1.165) is 11.8 Å². The molecule has 1 saturated heterocycles. The first kappa shape index (κ1) is 13.5. The maximum Gasteiger partial charge on any atom is 0.150 e. The lowest BCUT2D eigenvalue weighted by molar-refractivity contribution is 0.367. The third kappa shape index (κ3) is 4.43. The van der Waals surface area contributed by atoms with Gasteiger partial charge < -0.3 is 0 Å². The fraction of sp³-hybridized carbons (Fsp3) is 1.00. The lowest BCUT2D eigenvalue weighted by atomic mass is 9.89. The summed E-state index contributed by atoms with van der Waals surface area (Å²) in [4.78, 5) is 0. The second kappa shape index (κ2) is 6.24. The molecule has 0 radical (unpaired) electrons. The van der Waals surface area contributed by atoms with Gasteiger partial charge in [0.25, 0.3) is 0 Å². The number of rotatable bonds is 6. The molecule has 0 aromatic rings. The zero-order valence-electron chi connectivity index (χ0n) is 9.41. The van der Waals surface area contributed by atoms with Crippen LogP contribution in [0.15, 0.2) is 0 Å². The van der Waals surface area contributed by atoms with Crippen LogP contribution in [0.2, 0.25) is 0 Å². The minimum Gasteiger partial charge on any atom is -0.229 e. The van der Waals surface area contributed by atoms with Gasteiger partial charge in [0.2, 0.25) is 0 Å². The first-order valence-electron chi connectivity index (χ1n) is 5.85. The third-order valence-corrected chi connectivity index (χ3v) is 5.94. The molecular weight excluding hydrogens is 276 g/mol. The van der Waals surface area contributed by atoms with Crippen LogP contribution in [0, 0.1) is 11.8 Å². The highest BCUT2D eigenvalue weighted by atomic mass is 79.9. The molecule has 1 rings (SSSR count). The van der Waals surface area contributed by atoms with E-state index in [1.54, 1.807) is 0 Å². The van der Waals surface area contributed by atoms with E-state index in [0.29, 0.717) is 23.3 Å². The van der Waals surface area contributed by atoms with Gasteiger partial charge in [-0.1, -0.05) is 42.1 Å². The molecule has 15 heavy (non-hydrogen) atoms. The number of sulfone groups is 1. The smallest absolute Gasteiger partial charge is 0.150 e. The Morgan fingerprint density at radius 1 is 1.40 bits per heavy atom. The maximum atomic E-state index is 11.4. The summed E-state index contributed by atoms with van der Waals surface area (Å²) in [6, 6.07) is 0. The van der Waals surface area contributed by atoms with Crippen molar-refractivity contribution in [1.29, 1.82) is 0 Å². The Kier molecular flexibility index (Phi) is 5.61. The highest BCUT2D eigenvalue weighted by molar-refractivity contribution is 9.09. The van der Waals surface area contributed by atoms with Crippen LogP contribution in [0.1, 0.15) is 39.0 Å². The van der Waals surface area contributed by atoms with Crippen LogP contribution >= 0.6 is 15.9 Å². The van der Waals surface area contributed by atoms with E-state index in [9.17, 15) is 8.42 Å². The molecule has 0 aliphatic carbocycles. The molecule has 0 aromatic carbocycles. The first-order chi connectivity index (χ1) is 7.09. The Bertz CT molecular complexity index is 274. The van der Waals surface area contributed by atoms with Crippen molar-refractivity contribution in [2.45, 2.75) is 39.0 Å². The van der Waals surface area contributed by atoms with Crippen molar-refractivity contribution in [2.75, 3.05) is 16.8 Å². The molecule has 2 nitrogen and oxygen atoms in total. The second-order valence-electron chi connectivity index (χ2n) is 4.57. The van der Waals surface area contributed by atoms with Gasteiger partial charge in [-0.2, -0.15) is 0 Å². The van der Waals surface area contributed by atoms with Crippen molar-refractivity contribution < 1.29 is 8.42 Å². The Balaban J connectivity index is 2.39. The average molecular weight is 297 g/mol. The average Bonchev–Trinajstić information content (AvgIpc) is 2.54. The predicted molar refractivity (Wildman–Crippen MR) is 68.2 cm³/mol. The van der Waals surface area contributed by atoms with E-state index in [4.69, 9.17) is 0 Å². The molecule has 90 valence electrons. The zero-order chi connectivity index (χ0) is 11.3. The largest absolute Gasteiger partial charge is 0.229 e. The van der Waals surface area contributed by atoms with Gasteiger partial charge in [0, 0.05) is 5.33 Å². The summed E-state index contributed by atoms with van der Waals surface area (Å²) < 4.78 is 22.8. The Morgan fingerprint density at radius 3 is 2.60 bits per heavy atom. The highest BCUT2D eigenvalue weighted by Gasteiger charge is 2.32. The molecule has 4 heteroatoms. The normalized spacial score (nSPS) is 26.7. The third-order valence-electron chi connectivity index (χ3n) is 3.31. The van der Waals surface area contributed by atoms with Crippen LogP contribution in [0.25, 0.3) is 0 Å². The van der Waals surface area contributed by atoms with E-state index in [1.165, 1.54) is 25.7 Å². The Hall–Kier alpha value is 0.430. The molecule has 1 fully saturated rings. The van der Waals surface area contributed by atoms with E-state index in [1.807, 2.05) is 0 Å². The first-order valence-corrected chi connectivity index (χ1v) is 8.79. The van der Waals surface area contributed by atoms with Gasteiger partial charge in [-0.25, -0.2) is 8.42 Å². The van der Waals surface area contributed by atoms with Crippen molar-refractivity contribution in [3.63, 3.8) is 0 Å². The van der Waals surface area contributed by atoms with Gasteiger partial charge in [-0.3, -0.25) is 0 Å². The molecular formula is C11H21BrO2S. The molecule has 0 bridgehead atoms. The number of unbranched alkanes of at least 4 members (excludes halogenated alkanes) is 2. The van der Waals surface area contributed by atoms with Crippen LogP contribution in [-0.4, -0.2) is 25.3 Å². The van der Waals surface area contributed by atoms with Gasteiger partial charge in [-0.15, -0.1) is 0 Å². The molecule has 1 aliphatic heterocycles. The molecule has 0 amide bonds. The molecule has 0 spiro atoms. The number of hydrogen-bond acceptors (Lipinski definition) is 2. The maximum absolute atomic E-state index is 11.4. The van der Waals surface area contributed by atoms with Crippen LogP contribution in [0.5, 0.6) is 0 Å². The van der Waals surface area contributed by atoms with E-state index < -0.39 is 9.84 Å². The molecule has 0 saturated carbocycles. The number of hydrogen-bond donors (Lipinski definition) is 0. The lowest BCUT2D eigenvalue weighted by Crippen LogP contribution is -2.17. The Labute approximate surface area is 102 Å². The highest BCUT2D eigenvalue weighted by Crippen LogP contribution is 2.30. The van der Waals surface area contributed by atoms with Crippen LogP contribution in [0.3, 0.4) is 0 Å². The molecule has 1 aliphatic rings. The summed E-state index contributed by atoms with van der Waals surface area (Å²) in [5, 5.41) is 0.955. The quantitative estimate of drug-likeness (QED) is 0.558. The standard InChI is InChI=1S/C11H21BrO2S/c1-2-3-4-5-10(8-12)11-6-7-15(13,14)9-11/h10-11H,2-9H2,1H3. The van der Waals surface area contributed by atoms with Crippen LogP contribution in [-0.2, 0) is 9.84 Å². The fourth-order valence-corrected chi connectivity index (χ4v) is 5.06. The monoisotopic (exact) mass is 296 g/mol. The number of alkyl halides is 1. The van der Waals surface area contributed by atoms with E-state index >= 15 is 0 Å². The van der Waals surface area contributed by atoms with Gasteiger partial charge >= 0.3 is 0 Å². The summed E-state index contributed by atoms with van der Waals surface area (Å²) in [5.41, 5.74) is 0. The molecule has 0 N–H and O–H groups in total. The summed E-state index contributed by atoms with van der Waals surface area (Å²) in [6.45, 7) is 2.20. The van der Waals surface area contributed by atoms with Gasteiger partial charge in [0.05, 0.1) is 11.5 Å². The summed E-state index contributed by atoms with van der Waals surface area (Å²) in [5.74, 6) is 1.81. The summed E-state index contributed by atoms with van der Waals surface area (Å²) in [7, 11) is -2.70. The van der Waals surface area contributed by atoms with Crippen molar-refractivity contribution in [2.24, 2.45) is 11.8 Å². The molecule has 2 unspecified atom stereocenters. The predicted octanol–water partition coefficient (Wildman–Crippen LogP) is 3.01. The summed E-state index contributed by atoms with van der Waals surface area (Å²) in [6.07, 6.45) is 5.80. The topological polar surface area (TPSA) is 34.1 Å². The second-order valence-corrected chi connectivity index (χ2v) is 7.45. The van der Waals surface area contributed by atoms with Crippen molar-refractivity contribution in [3.05, 3.63) is 0 Å². The minimum absolute atomic E-state index is 0.409. The van der Waals surface area contributed by atoms with Crippen molar-refractivity contribution in [1.82, 2.24) is 0 Å². The van der Waals surface area contributed by atoms with E-state index in [-0.39, 0.29) is 0 Å². The van der Waals surface area contributed by atoms with Gasteiger partial charge in [-0.05, 0) is 24.7 Å². The minimum atomic E-state index is -2.70. The van der Waals surface area contributed by atoms with Crippen molar-refractivity contribution in [3.8, 4) is 0 Å².